The van der Waals surface area contributed by atoms with Crippen molar-refractivity contribution in [2.24, 2.45) is 5.92 Å². The molecule has 0 amide bonds. The van der Waals surface area contributed by atoms with Crippen LogP contribution >= 0.6 is 0 Å². The molecule has 4 rings (SSSR count). The maximum Gasteiger partial charge on any atom is 0.306 e. The number of aromatic nitrogens is 2. The standard InChI is InChI=1S/C23H25N3O2/c1-17-7-9-18(10-8-17)22-20(15-25-13-11-19(12-14-25)23(27)28)16-26(24-22)21-5-3-2-4-6-21/h2-10,16,19H,11-15H2,1H3,(H,27,28). The van der Waals surface area contributed by atoms with Crippen LogP contribution < -0.4 is 0 Å². The zero-order valence-corrected chi connectivity index (χ0v) is 16.1. The number of para-hydroxylation sites is 1. The molecule has 1 saturated heterocycles. The SMILES string of the molecule is Cc1ccc(-c2nn(-c3ccccc3)cc2CN2CCC(C(=O)O)CC2)cc1. The second-order valence-corrected chi connectivity index (χ2v) is 7.54. The molecule has 1 aromatic heterocycles. The Balaban J connectivity index is 1.62. The highest BCUT2D eigenvalue weighted by atomic mass is 16.4. The highest BCUT2D eigenvalue weighted by molar-refractivity contribution is 5.70. The van der Waals surface area contributed by atoms with E-state index in [2.05, 4.69) is 42.3 Å². The summed E-state index contributed by atoms with van der Waals surface area (Å²) in [6.45, 7) is 4.48. The van der Waals surface area contributed by atoms with Crippen LogP contribution in [0.2, 0.25) is 0 Å². The van der Waals surface area contributed by atoms with Gasteiger partial charge in [0.15, 0.2) is 0 Å². The molecule has 2 heterocycles. The van der Waals surface area contributed by atoms with Gasteiger partial charge in [-0.05, 0) is 45.0 Å². The fourth-order valence-corrected chi connectivity index (χ4v) is 3.77. The minimum absolute atomic E-state index is 0.208. The molecular formula is C23H25N3O2. The number of rotatable bonds is 5. The first kappa shape index (κ1) is 18.4. The monoisotopic (exact) mass is 375 g/mol. The summed E-state index contributed by atoms with van der Waals surface area (Å²) in [6.07, 6.45) is 3.53. The Kier molecular flexibility index (Phi) is 5.26. The Labute approximate surface area is 165 Å². The van der Waals surface area contributed by atoms with Gasteiger partial charge in [-0.15, -0.1) is 0 Å². The molecule has 2 aromatic carbocycles. The van der Waals surface area contributed by atoms with E-state index >= 15 is 0 Å². The van der Waals surface area contributed by atoms with Gasteiger partial charge in [0.2, 0.25) is 0 Å². The number of carbonyl (C=O) groups is 1. The van der Waals surface area contributed by atoms with Crippen molar-refractivity contribution in [2.45, 2.75) is 26.3 Å². The molecule has 144 valence electrons. The highest BCUT2D eigenvalue weighted by Crippen LogP contribution is 2.27. The molecule has 1 aliphatic rings. The van der Waals surface area contributed by atoms with Crippen LogP contribution in [0.3, 0.4) is 0 Å². The zero-order valence-electron chi connectivity index (χ0n) is 16.1. The second-order valence-electron chi connectivity index (χ2n) is 7.54. The molecule has 0 spiro atoms. The number of hydrogen-bond donors (Lipinski definition) is 1. The first-order valence-corrected chi connectivity index (χ1v) is 9.76. The lowest BCUT2D eigenvalue weighted by Gasteiger charge is -2.29. The van der Waals surface area contributed by atoms with E-state index in [-0.39, 0.29) is 5.92 Å². The van der Waals surface area contributed by atoms with Gasteiger partial charge < -0.3 is 5.11 Å². The van der Waals surface area contributed by atoms with Crippen LogP contribution in [0.1, 0.15) is 24.0 Å². The molecule has 0 atom stereocenters. The number of hydrogen-bond acceptors (Lipinski definition) is 3. The third-order valence-electron chi connectivity index (χ3n) is 5.47. The average molecular weight is 375 g/mol. The van der Waals surface area contributed by atoms with Crippen molar-refractivity contribution in [3.63, 3.8) is 0 Å². The van der Waals surface area contributed by atoms with Gasteiger partial charge in [-0.3, -0.25) is 9.69 Å². The summed E-state index contributed by atoms with van der Waals surface area (Å²) in [5, 5.41) is 14.1. The topological polar surface area (TPSA) is 58.4 Å². The first-order valence-electron chi connectivity index (χ1n) is 9.76. The maximum atomic E-state index is 11.2. The second kappa shape index (κ2) is 7.98. The van der Waals surface area contributed by atoms with Crippen LogP contribution in [0.5, 0.6) is 0 Å². The van der Waals surface area contributed by atoms with E-state index in [1.165, 1.54) is 11.1 Å². The Morgan fingerprint density at radius 2 is 1.75 bits per heavy atom. The number of aliphatic carboxylic acids is 1. The smallest absolute Gasteiger partial charge is 0.306 e. The van der Waals surface area contributed by atoms with E-state index in [4.69, 9.17) is 5.10 Å². The summed E-state index contributed by atoms with van der Waals surface area (Å²) in [4.78, 5) is 13.6. The molecule has 1 aliphatic heterocycles. The number of carboxylic acids is 1. The Bertz CT molecular complexity index is 940. The van der Waals surface area contributed by atoms with Crippen LogP contribution in [0, 0.1) is 12.8 Å². The number of likely N-dealkylation sites (tertiary alicyclic amines) is 1. The summed E-state index contributed by atoms with van der Waals surface area (Å²) in [5.41, 5.74) is 5.52. The van der Waals surface area contributed by atoms with Crippen molar-refractivity contribution in [1.82, 2.24) is 14.7 Å². The summed E-state index contributed by atoms with van der Waals surface area (Å²) in [6, 6.07) is 18.6. The summed E-state index contributed by atoms with van der Waals surface area (Å²) >= 11 is 0. The molecule has 1 fully saturated rings. The minimum Gasteiger partial charge on any atom is -0.481 e. The predicted molar refractivity (Wildman–Crippen MR) is 109 cm³/mol. The number of nitrogens with zero attached hydrogens (tertiary/aromatic N) is 3. The molecule has 28 heavy (non-hydrogen) atoms. The van der Waals surface area contributed by atoms with E-state index in [9.17, 15) is 9.90 Å². The van der Waals surface area contributed by atoms with Gasteiger partial charge in [0.25, 0.3) is 0 Å². The molecule has 0 radical (unpaired) electrons. The number of aryl methyl sites for hydroxylation is 1. The highest BCUT2D eigenvalue weighted by Gasteiger charge is 2.25. The van der Waals surface area contributed by atoms with Crippen molar-refractivity contribution >= 4 is 5.97 Å². The fourth-order valence-electron chi connectivity index (χ4n) is 3.77. The molecule has 5 nitrogen and oxygen atoms in total. The third kappa shape index (κ3) is 3.99. The van der Waals surface area contributed by atoms with E-state index in [0.29, 0.717) is 12.8 Å². The van der Waals surface area contributed by atoms with Gasteiger partial charge in [-0.2, -0.15) is 5.10 Å². The lowest BCUT2D eigenvalue weighted by Crippen LogP contribution is -2.35. The van der Waals surface area contributed by atoms with E-state index < -0.39 is 5.97 Å². The zero-order chi connectivity index (χ0) is 19.5. The van der Waals surface area contributed by atoms with E-state index in [1.807, 2.05) is 35.0 Å². The Morgan fingerprint density at radius 3 is 2.39 bits per heavy atom. The van der Waals surface area contributed by atoms with Crippen molar-refractivity contribution in [1.29, 1.82) is 0 Å². The van der Waals surface area contributed by atoms with Gasteiger partial charge in [-0.1, -0.05) is 48.0 Å². The molecule has 1 N–H and O–H groups in total. The number of benzene rings is 2. The Hall–Kier alpha value is -2.92. The molecule has 0 saturated carbocycles. The quantitative estimate of drug-likeness (QED) is 0.728. The van der Waals surface area contributed by atoms with Crippen LogP contribution in [0.15, 0.2) is 60.8 Å². The van der Waals surface area contributed by atoms with Gasteiger partial charge in [0.1, 0.15) is 0 Å². The summed E-state index contributed by atoms with van der Waals surface area (Å²) in [7, 11) is 0. The largest absolute Gasteiger partial charge is 0.481 e. The van der Waals surface area contributed by atoms with Crippen molar-refractivity contribution in [3.05, 3.63) is 71.9 Å². The minimum atomic E-state index is -0.670. The van der Waals surface area contributed by atoms with E-state index in [1.54, 1.807) is 0 Å². The fraction of sp³-hybridized carbons (Fsp3) is 0.304. The van der Waals surface area contributed by atoms with Gasteiger partial charge in [0.05, 0.1) is 17.3 Å². The summed E-state index contributed by atoms with van der Waals surface area (Å²) in [5.74, 6) is -0.878. The van der Waals surface area contributed by atoms with Crippen molar-refractivity contribution < 1.29 is 9.90 Å². The molecule has 0 bridgehead atoms. The molecule has 3 aromatic rings. The number of carboxylic acid groups (broad SMARTS) is 1. The Morgan fingerprint density at radius 1 is 1.07 bits per heavy atom. The summed E-state index contributed by atoms with van der Waals surface area (Å²) < 4.78 is 1.94. The predicted octanol–water partition coefficient (Wildman–Crippen LogP) is 4.14. The van der Waals surface area contributed by atoms with Crippen LogP contribution in [-0.2, 0) is 11.3 Å². The van der Waals surface area contributed by atoms with Crippen LogP contribution in [-0.4, -0.2) is 38.8 Å². The van der Waals surface area contributed by atoms with Crippen molar-refractivity contribution in [2.75, 3.05) is 13.1 Å². The lowest BCUT2D eigenvalue weighted by molar-refractivity contribution is -0.143. The molecule has 0 aliphatic carbocycles. The lowest BCUT2D eigenvalue weighted by atomic mass is 9.96. The van der Waals surface area contributed by atoms with Gasteiger partial charge in [-0.25, -0.2) is 4.68 Å². The number of piperidine rings is 1. The maximum absolute atomic E-state index is 11.2. The van der Waals surface area contributed by atoms with E-state index in [0.717, 1.165) is 36.6 Å². The van der Waals surface area contributed by atoms with Crippen molar-refractivity contribution in [3.8, 4) is 16.9 Å². The van der Waals surface area contributed by atoms with Crippen LogP contribution in [0.25, 0.3) is 16.9 Å². The van der Waals surface area contributed by atoms with Gasteiger partial charge in [0, 0.05) is 23.9 Å². The third-order valence-corrected chi connectivity index (χ3v) is 5.47. The molecule has 0 unspecified atom stereocenters. The molecule has 5 heteroatoms. The van der Waals surface area contributed by atoms with Crippen LogP contribution in [0.4, 0.5) is 0 Å². The first-order chi connectivity index (χ1) is 13.6. The van der Waals surface area contributed by atoms with Gasteiger partial charge >= 0.3 is 5.97 Å². The normalized spacial score (nSPS) is 15.6. The average Bonchev–Trinajstić information content (AvgIpc) is 3.13. The molecular weight excluding hydrogens is 350 g/mol.